The van der Waals surface area contributed by atoms with Crippen LogP contribution in [0.25, 0.3) is 17.0 Å². The van der Waals surface area contributed by atoms with Crippen LogP contribution in [0.2, 0.25) is 0 Å². The van der Waals surface area contributed by atoms with Crippen molar-refractivity contribution in [2.45, 2.75) is 19.4 Å². The third-order valence-electron chi connectivity index (χ3n) is 4.83. The molecule has 154 valence electrons. The lowest BCUT2D eigenvalue weighted by Crippen LogP contribution is -2.47. The highest BCUT2D eigenvalue weighted by Gasteiger charge is 2.38. The number of fused-ring (bicyclic) bond motifs is 1. The van der Waals surface area contributed by atoms with Crippen molar-refractivity contribution in [3.05, 3.63) is 64.8 Å². The van der Waals surface area contributed by atoms with Crippen LogP contribution in [0.5, 0.6) is 0 Å². The second-order valence-corrected chi connectivity index (χ2v) is 8.46. The van der Waals surface area contributed by atoms with Crippen LogP contribution in [-0.4, -0.2) is 38.6 Å². The molecule has 1 atom stereocenters. The Balaban J connectivity index is 1.38. The lowest BCUT2D eigenvalue weighted by atomic mass is 10.1. The summed E-state index contributed by atoms with van der Waals surface area (Å²) >= 11 is 6.44. The summed E-state index contributed by atoms with van der Waals surface area (Å²) in [6.45, 7) is 1.99. The molecule has 0 bridgehead atoms. The second-order valence-electron chi connectivity index (χ2n) is 6.79. The molecule has 0 radical (unpaired) electrons. The van der Waals surface area contributed by atoms with Crippen molar-refractivity contribution < 1.29 is 18.4 Å². The van der Waals surface area contributed by atoms with E-state index < -0.39 is 6.04 Å². The Labute approximate surface area is 181 Å². The number of thiocarbonyl (C=S) groups is 1. The zero-order valence-corrected chi connectivity index (χ0v) is 17.6. The molecule has 2 N–H and O–H groups in total. The van der Waals surface area contributed by atoms with Gasteiger partial charge in [0.1, 0.15) is 21.9 Å². The molecule has 6 nitrogen and oxygen atoms in total. The van der Waals surface area contributed by atoms with Gasteiger partial charge in [-0.15, -0.1) is 0 Å². The number of rotatable bonds is 6. The highest BCUT2D eigenvalue weighted by atomic mass is 32.2. The lowest BCUT2D eigenvalue weighted by Gasteiger charge is -2.22. The van der Waals surface area contributed by atoms with E-state index in [9.17, 15) is 14.0 Å². The van der Waals surface area contributed by atoms with Crippen LogP contribution in [0, 0.1) is 5.82 Å². The molecule has 1 aliphatic rings. The van der Waals surface area contributed by atoms with Gasteiger partial charge in [0, 0.05) is 29.7 Å². The third-order valence-corrected chi connectivity index (χ3v) is 6.16. The zero-order valence-electron chi connectivity index (χ0n) is 16.0. The Hall–Kier alpha value is -2.91. The van der Waals surface area contributed by atoms with Gasteiger partial charge < -0.3 is 14.7 Å². The fourth-order valence-corrected chi connectivity index (χ4v) is 4.66. The average Bonchev–Trinajstić information content (AvgIpc) is 3.43. The smallest absolute Gasteiger partial charge is 0.267 e. The summed E-state index contributed by atoms with van der Waals surface area (Å²) in [5.41, 5.74) is 1.75. The van der Waals surface area contributed by atoms with Crippen LogP contribution in [0.1, 0.15) is 18.2 Å². The number of carbonyl (C=O) groups excluding carboxylic acids is 2. The Morgan fingerprint density at radius 2 is 2.27 bits per heavy atom. The van der Waals surface area contributed by atoms with E-state index in [-0.39, 0.29) is 17.6 Å². The number of furan rings is 1. The number of halogens is 1. The first-order chi connectivity index (χ1) is 14.4. The van der Waals surface area contributed by atoms with Gasteiger partial charge in [0.05, 0.1) is 11.2 Å². The van der Waals surface area contributed by atoms with Gasteiger partial charge in [-0.25, -0.2) is 4.39 Å². The van der Waals surface area contributed by atoms with E-state index in [0.717, 1.165) is 28.2 Å². The predicted octanol–water partition coefficient (Wildman–Crippen LogP) is 3.85. The van der Waals surface area contributed by atoms with Crippen molar-refractivity contribution in [1.29, 1.82) is 0 Å². The van der Waals surface area contributed by atoms with E-state index in [1.807, 2.05) is 0 Å². The highest BCUT2D eigenvalue weighted by molar-refractivity contribution is 8.26. The summed E-state index contributed by atoms with van der Waals surface area (Å²) in [6, 6.07) is 7.26. The summed E-state index contributed by atoms with van der Waals surface area (Å²) in [4.78, 5) is 30.1. The van der Waals surface area contributed by atoms with E-state index in [1.54, 1.807) is 37.4 Å². The van der Waals surface area contributed by atoms with Gasteiger partial charge in [-0.2, -0.15) is 0 Å². The van der Waals surface area contributed by atoms with Gasteiger partial charge in [-0.05, 0) is 49.2 Å². The summed E-state index contributed by atoms with van der Waals surface area (Å²) < 4.78 is 19.1. The molecule has 9 heteroatoms. The monoisotopic (exact) mass is 443 g/mol. The first-order valence-electron chi connectivity index (χ1n) is 9.28. The zero-order chi connectivity index (χ0) is 21.3. The van der Waals surface area contributed by atoms with E-state index in [4.69, 9.17) is 16.6 Å². The molecule has 0 spiro atoms. The van der Waals surface area contributed by atoms with Crippen LogP contribution >= 0.6 is 24.0 Å². The predicted molar refractivity (Wildman–Crippen MR) is 118 cm³/mol. The van der Waals surface area contributed by atoms with Crippen LogP contribution in [0.15, 0.2) is 52.1 Å². The highest BCUT2D eigenvalue weighted by Crippen LogP contribution is 2.34. The number of hydrogen-bond acceptors (Lipinski definition) is 5. The molecule has 3 heterocycles. The maximum atomic E-state index is 13.5. The molecular weight excluding hydrogens is 425 g/mol. The van der Waals surface area contributed by atoms with Gasteiger partial charge >= 0.3 is 0 Å². The van der Waals surface area contributed by atoms with Crippen molar-refractivity contribution in [3.63, 3.8) is 0 Å². The van der Waals surface area contributed by atoms with Crippen LogP contribution < -0.4 is 5.32 Å². The number of aromatic nitrogens is 1. The quantitative estimate of drug-likeness (QED) is 0.447. The molecule has 4 rings (SSSR count). The third kappa shape index (κ3) is 4.03. The van der Waals surface area contributed by atoms with Crippen LogP contribution in [-0.2, 0) is 16.0 Å². The number of amides is 2. The van der Waals surface area contributed by atoms with Gasteiger partial charge in [0.2, 0.25) is 5.91 Å². The van der Waals surface area contributed by atoms with Crippen LogP contribution in [0.4, 0.5) is 4.39 Å². The summed E-state index contributed by atoms with van der Waals surface area (Å²) in [6.07, 6.45) is 5.46. The number of nitrogens with one attached hydrogen (secondary N) is 2. The Bertz CT molecular complexity index is 1150. The van der Waals surface area contributed by atoms with E-state index in [2.05, 4.69) is 10.3 Å². The van der Waals surface area contributed by atoms with Crippen molar-refractivity contribution in [1.82, 2.24) is 15.2 Å². The Morgan fingerprint density at radius 1 is 1.43 bits per heavy atom. The number of hydrogen-bond donors (Lipinski definition) is 2. The molecule has 30 heavy (non-hydrogen) atoms. The SMILES string of the molecule is C[C@H](C(=O)NCCc1c[nH]c2ccc(F)cc12)N1C(=O)/C(=C\c2ccco2)SC1=S. The fourth-order valence-electron chi connectivity index (χ4n) is 3.26. The molecule has 1 aliphatic heterocycles. The molecule has 0 aliphatic carbocycles. The maximum Gasteiger partial charge on any atom is 0.267 e. The minimum atomic E-state index is -0.750. The molecule has 0 saturated carbocycles. The van der Waals surface area contributed by atoms with Gasteiger partial charge in [0.25, 0.3) is 5.91 Å². The molecule has 2 amide bonds. The Kier molecular flexibility index (Phi) is 5.74. The normalized spacial score (nSPS) is 16.6. The summed E-state index contributed by atoms with van der Waals surface area (Å²) in [5, 5.41) is 3.62. The van der Waals surface area contributed by atoms with Gasteiger partial charge in [-0.3, -0.25) is 14.5 Å². The number of H-pyrrole nitrogens is 1. The topological polar surface area (TPSA) is 78.3 Å². The largest absolute Gasteiger partial charge is 0.465 e. The average molecular weight is 444 g/mol. The first kappa shape index (κ1) is 20.4. The fraction of sp³-hybridized carbons (Fsp3) is 0.190. The maximum absolute atomic E-state index is 13.5. The number of thioether (sulfide) groups is 1. The molecule has 0 unspecified atom stereocenters. The minimum Gasteiger partial charge on any atom is -0.465 e. The molecule has 1 aromatic carbocycles. The standard InChI is InChI=1S/C21H18FN3O3S2/c1-12(25-20(27)18(30-21(25)29)10-15-3-2-8-28-15)19(26)23-7-6-13-11-24-17-5-4-14(22)9-16(13)17/h2-5,8-12,24H,6-7H2,1H3,(H,23,26)/b18-10+/t12-/m1/s1. The molecule has 3 aromatic rings. The van der Waals surface area contributed by atoms with Crippen molar-refractivity contribution in [3.8, 4) is 0 Å². The van der Waals surface area contributed by atoms with Crippen molar-refractivity contribution >= 4 is 57.1 Å². The van der Waals surface area contributed by atoms with E-state index >= 15 is 0 Å². The minimum absolute atomic E-state index is 0.307. The Morgan fingerprint density at radius 3 is 3.03 bits per heavy atom. The van der Waals surface area contributed by atoms with Crippen LogP contribution in [0.3, 0.4) is 0 Å². The number of benzene rings is 1. The number of carbonyl (C=O) groups is 2. The lowest BCUT2D eigenvalue weighted by molar-refractivity contribution is -0.132. The van der Waals surface area contributed by atoms with E-state index in [1.165, 1.54) is 23.3 Å². The number of nitrogens with zero attached hydrogens (tertiary/aromatic N) is 1. The molecule has 1 saturated heterocycles. The first-order valence-corrected chi connectivity index (χ1v) is 10.5. The second kappa shape index (κ2) is 8.45. The van der Waals surface area contributed by atoms with E-state index in [0.29, 0.717) is 28.0 Å². The van der Waals surface area contributed by atoms with Gasteiger partial charge in [0.15, 0.2) is 0 Å². The molecular formula is C21H18FN3O3S2. The summed E-state index contributed by atoms with van der Waals surface area (Å²) in [5.74, 6) is -0.395. The number of aromatic amines is 1. The van der Waals surface area contributed by atoms with Crippen molar-refractivity contribution in [2.24, 2.45) is 0 Å². The molecule has 1 fully saturated rings. The molecule has 2 aromatic heterocycles. The van der Waals surface area contributed by atoms with Crippen molar-refractivity contribution in [2.75, 3.05) is 6.54 Å². The summed E-state index contributed by atoms with van der Waals surface area (Å²) in [7, 11) is 0. The van der Waals surface area contributed by atoms with Gasteiger partial charge in [-0.1, -0.05) is 24.0 Å².